The van der Waals surface area contributed by atoms with Gasteiger partial charge in [0.25, 0.3) is 0 Å². The van der Waals surface area contributed by atoms with E-state index in [1.165, 1.54) is 0 Å². The van der Waals surface area contributed by atoms with E-state index in [9.17, 15) is 4.79 Å². The summed E-state index contributed by atoms with van der Waals surface area (Å²) in [5, 5.41) is 0. The molecule has 3 aliphatic rings. The van der Waals surface area contributed by atoms with Crippen LogP contribution in [0.15, 0.2) is 35.6 Å². The molecule has 120 valence electrons. The molecular formula is C17H24N2O3. The molecule has 5 nitrogen and oxygen atoms in total. The van der Waals surface area contributed by atoms with E-state index in [0.717, 1.165) is 24.1 Å². The summed E-state index contributed by atoms with van der Waals surface area (Å²) in [4.78, 5) is 14.2. The molecular weight excluding hydrogens is 280 g/mol. The highest BCUT2D eigenvalue weighted by Crippen LogP contribution is 2.38. The molecule has 0 aromatic rings. The van der Waals surface area contributed by atoms with Gasteiger partial charge in [0.1, 0.15) is 11.7 Å². The third-order valence-corrected chi connectivity index (χ3v) is 4.10. The average molecular weight is 304 g/mol. The fourth-order valence-electron chi connectivity index (χ4n) is 3.19. The highest BCUT2D eigenvalue weighted by molar-refractivity contribution is 5.69. The SMILES string of the molecule is CC(C)(C)OC(=O)N1CC2CC1C(C1=CC=C(N)CC=C1)O2. The predicted octanol–water partition coefficient (Wildman–Crippen LogP) is 2.49. The molecule has 3 atom stereocenters. The largest absolute Gasteiger partial charge is 0.444 e. The van der Waals surface area contributed by atoms with Gasteiger partial charge in [0.05, 0.1) is 18.7 Å². The predicted molar refractivity (Wildman–Crippen MR) is 84.1 cm³/mol. The summed E-state index contributed by atoms with van der Waals surface area (Å²) in [5.41, 5.74) is 7.28. The number of likely N-dealkylation sites (tertiary alicyclic amines) is 1. The molecule has 2 heterocycles. The molecule has 0 aromatic heterocycles. The van der Waals surface area contributed by atoms with Crippen molar-refractivity contribution < 1.29 is 14.3 Å². The number of fused-ring (bicyclic) bond motifs is 2. The number of hydrogen-bond donors (Lipinski definition) is 1. The van der Waals surface area contributed by atoms with Crippen LogP contribution >= 0.6 is 0 Å². The maximum absolute atomic E-state index is 12.4. The first-order valence-corrected chi connectivity index (χ1v) is 7.81. The summed E-state index contributed by atoms with van der Waals surface area (Å²) >= 11 is 0. The molecule has 0 aromatic carbocycles. The Hall–Kier alpha value is -1.75. The minimum atomic E-state index is -0.478. The molecule has 5 heteroatoms. The lowest BCUT2D eigenvalue weighted by Gasteiger charge is -2.34. The number of carbonyl (C=O) groups is 1. The molecule has 2 fully saturated rings. The molecule has 22 heavy (non-hydrogen) atoms. The van der Waals surface area contributed by atoms with Gasteiger partial charge in [-0.1, -0.05) is 18.2 Å². The zero-order valence-electron chi connectivity index (χ0n) is 13.4. The van der Waals surface area contributed by atoms with E-state index in [2.05, 4.69) is 6.08 Å². The number of nitrogens with two attached hydrogens (primary N) is 1. The maximum atomic E-state index is 12.4. The van der Waals surface area contributed by atoms with E-state index in [1.807, 2.05) is 43.9 Å². The van der Waals surface area contributed by atoms with E-state index >= 15 is 0 Å². The standard InChI is InChI=1S/C17H24N2O3/c1-17(2,3)22-16(20)19-10-13-9-14(19)15(21-13)11-5-4-6-12(18)8-7-11/h4-5,7-8,13-15H,6,9-10,18H2,1-3H3. The highest BCUT2D eigenvalue weighted by atomic mass is 16.6. The molecule has 1 amide bonds. The van der Waals surface area contributed by atoms with E-state index in [1.54, 1.807) is 0 Å². The molecule has 2 saturated heterocycles. The van der Waals surface area contributed by atoms with E-state index in [0.29, 0.717) is 6.54 Å². The van der Waals surface area contributed by atoms with Gasteiger partial charge in [0.2, 0.25) is 0 Å². The molecule has 3 rings (SSSR count). The summed E-state index contributed by atoms with van der Waals surface area (Å²) < 4.78 is 11.6. The van der Waals surface area contributed by atoms with Crippen LogP contribution in [0.5, 0.6) is 0 Å². The maximum Gasteiger partial charge on any atom is 0.410 e. The Bertz CT molecular complexity index is 557. The fourth-order valence-corrected chi connectivity index (χ4v) is 3.19. The Morgan fingerprint density at radius 3 is 2.86 bits per heavy atom. The molecule has 0 saturated carbocycles. The Balaban J connectivity index is 1.75. The van der Waals surface area contributed by atoms with Crippen LogP contribution in [0, 0.1) is 0 Å². The van der Waals surface area contributed by atoms with Crippen LogP contribution in [-0.4, -0.2) is 41.4 Å². The quantitative estimate of drug-likeness (QED) is 0.808. The second-order valence-electron chi connectivity index (χ2n) is 7.13. The normalized spacial score (nSPS) is 30.9. The van der Waals surface area contributed by atoms with Gasteiger partial charge in [-0.2, -0.15) is 0 Å². The molecule has 0 radical (unpaired) electrons. The number of hydrogen-bond acceptors (Lipinski definition) is 4. The van der Waals surface area contributed by atoms with Gasteiger partial charge in [-0.3, -0.25) is 4.90 Å². The van der Waals surface area contributed by atoms with Crippen LogP contribution in [0.2, 0.25) is 0 Å². The summed E-state index contributed by atoms with van der Waals surface area (Å²) in [6, 6.07) is 0.0449. The summed E-state index contributed by atoms with van der Waals surface area (Å²) in [6.07, 6.45) is 9.38. The highest BCUT2D eigenvalue weighted by Gasteiger charge is 2.49. The van der Waals surface area contributed by atoms with Gasteiger partial charge < -0.3 is 15.2 Å². The van der Waals surface area contributed by atoms with Crippen LogP contribution in [0.1, 0.15) is 33.6 Å². The van der Waals surface area contributed by atoms with E-state index in [-0.39, 0.29) is 24.3 Å². The molecule has 2 bridgehead atoms. The van der Waals surface area contributed by atoms with E-state index in [4.69, 9.17) is 15.2 Å². The smallest absolute Gasteiger partial charge is 0.410 e. The van der Waals surface area contributed by atoms with Crippen molar-refractivity contribution in [2.75, 3.05) is 6.54 Å². The van der Waals surface area contributed by atoms with Gasteiger partial charge in [0.15, 0.2) is 0 Å². The lowest BCUT2D eigenvalue weighted by atomic mass is 10.0. The third kappa shape index (κ3) is 3.04. The second-order valence-corrected chi connectivity index (χ2v) is 7.13. The van der Waals surface area contributed by atoms with Crippen LogP contribution in [0.4, 0.5) is 4.79 Å². The molecule has 1 aliphatic carbocycles. The van der Waals surface area contributed by atoms with Crippen molar-refractivity contribution in [3.05, 3.63) is 35.6 Å². The first kappa shape index (κ1) is 15.2. The van der Waals surface area contributed by atoms with Gasteiger partial charge in [-0.15, -0.1) is 0 Å². The number of carbonyl (C=O) groups excluding carboxylic acids is 1. The summed E-state index contributed by atoms with van der Waals surface area (Å²) in [7, 11) is 0. The van der Waals surface area contributed by atoms with Crippen molar-refractivity contribution in [2.45, 2.75) is 57.5 Å². The van der Waals surface area contributed by atoms with Crippen LogP contribution in [-0.2, 0) is 9.47 Å². The minimum Gasteiger partial charge on any atom is -0.444 e. The van der Waals surface area contributed by atoms with Crippen molar-refractivity contribution >= 4 is 6.09 Å². The first-order valence-electron chi connectivity index (χ1n) is 7.81. The number of nitrogens with zero attached hydrogens (tertiary/aromatic N) is 1. The number of morpholine rings is 1. The Morgan fingerprint density at radius 2 is 2.18 bits per heavy atom. The lowest BCUT2D eigenvalue weighted by Crippen LogP contribution is -2.48. The molecule has 3 unspecified atom stereocenters. The zero-order chi connectivity index (χ0) is 15.9. The number of rotatable bonds is 1. The van der Waals surface area contributed by atoms with Gasteiger partial charge in [-0.05, 0) is 38.8 Å². The third-order valence-electron chi connectivity index (χ3n) is 4.10. The minimum absolute atomic E-state index is 0.0449. The lowest BCUT2D eigenvalue weighted by molar-refractivity contribution is -0.0318. The number of ether oxygens (including phenoxy) is 2. The Kier molecular flexibility index (Phi) is 3.77. The Morgan fingerprint density at radius 1 is 1.41 bits per heavy atom. The monoisotopic (exact) mass is 304 g/mol. The molecule has 2 N–H and O–H groups in total. The molecule has 2 aliphatic heterocycles. The van der Waals surface area contributed by atoms with Crippen molar-refractivity contribution in [1.82, 2.24) is 4.90 Å². The van der Waals surface area contributed by atoms with E-state index < -0.39 is 5.60 Å². The van der Waals surface area contributed by atoms with Crippen LogP contribution < -0.4 is 5.73 Å². The average Bonchev–Trinajstić information content (AvgIpc) is 2.94. The zero-order valence-corrected chi connectivity index (χ0v) is 13.4. The summed E-state index contributed by atoms with van der Waals surface area (Å²) in [5.74, 6) is 0. The van der Waals surface area contributed by atoms with Crippen LogP contribution in [0.25, 0.3) is 0 Å². The van der Waals surface area contributed by atoms with Crippen molar-refractivity contribution in [3.8, 4) is 0 Å². The number of allylic oxidation sites excluding steroid dienone is 3. The summed E-state index contributed by atoms with van der Waals surface area (Å²) in [6.45, 7) is 6.27. The van der Waals surface area contributed by atoms with Crippen LogP contribution in [0.3, 0.4) is 0 Å². The van der Waals surface area contributed by atoms with Crippen molar-refractivity contribution in [3.63, 3.8) is 0 Å². The molecule has 0 spiro atoms. The van der Waals surface area contributed by atoms with Gasteiger partial charge in [0, 0.05) is 12.1 Å². The fraction of sp³-hybridized carbons (Fsp3) is 0.588. The van der Waals surface area contributed by atoms with Gasteiger partial charge in [-0.25, -0.2) is 4.79 Å². The first-order chi connectivity index (χ1) is 10.3. The van der Waals surface area contributed by atoms with Crippen molar-refractivity contribution in [2.24, 2.45) is 5.73 Å². The second kappa shape index (κ2) is 5.47. The Labute approximate surface area is 131 Å². The van der Waals surface area contributed by atoms with Gasteiger partial charge >= 0.3 is 6.09 Å². The number of amides is 1. The van der Waals surface area contributed by atoms with Crippen molar-refractivity contribution in [1.29, 1.82) is 0 Å². The topological polar surface area (TPSA) is 64.8 Å².